The average molecular weight is 297 g/mol. The Morgan fingerprint density at radius 2 is 2.11 bits per heavy atom. The Morgan fingerprint density at radius 1 is 1.37 bits per heavy atom. The van der Waals surface area contributed by atoms with E-state index in [1.165, 1.54) is 11.8 Å². The summed E-state index contributed by atoms with van der Waals surface area (Å²) >= 11 is 1.52. The monoisotopic (exact) mass is 297 g/mol. The molecule has 19 heavy (non-hydrogen) atoms. The number of sulfonamides is 1. The molecule has 0 aromatic heterocycles. The van der Waals surface area contributed by atoms with Crippen molar-refractivity contribution in [2.24, 2.45) is 4.99 Å². The van der Waals surface area contributed by atoms with Crippen LogP contribution >= 0.6 is 11.8 Å². The normalized spacial score (nSPS) is 23.1. The Morgan fingerprint density at radius 3 is 2.79 bits per heavy atom. The van der Waals surface area contributed by atoms with Crippen molar-refractivity contribution < 1.29 is 13.4 Å². The van der Waals surface area contributed by atoms with Crippen LogP contribution in [-0.2, 0) is 10.0 Å². The molecular formula is C11H13N4O2S2+. The Kier molecular flexibility index (Phi) is 3.19. The van der Waals surface area contributed by atoms with Gasteiger partial charge in [0.25, 0.3) is 5.17 Å². The number of hydrogen-bond donors (Lipinski definition) is 2. The minimum absolute atomic E-state index is 0.533. The van der Waals surface area contributed by atoms with E-state index in [1.54, 1.807) is 11.3 Å². The van der Waals surface area contributed by atoms with Gasteiger partial charge < -0.3 is 0 Å². The lowest BCUT2D eigenvalue weighted by atomic mass is 10.2. The van der Waals surface area contributed by atoms with Gasteiger partial charge in [0.1, 0.15) is 5.88 Å². The van der Waals surface area contributed by atoms with E-state index in [0.717, 1.165) is 27.7 Å². The van der Waals surface area contributed by atoms with E-state index >= 15 is 0 Å². The summed E-state index contributed by atoms with van der Waals surface area (Å²) in [6.07, 6.45) is 2.93. The predicted octanol–water partition coefficient (Wildman–Crippen LogP) is -0.375. The third-order valence-corrected chi connectivity index (χ3v) is 4.24. The molecule has 1 aromatic rings. The maximum atomic E-state index is 11.4. The van der Waals surface area contributed by atoms with Gasteiger partial charge in [-0.2, -0.15) is 10.0 Å². The summed E-state index contributed by atoms with van der Waals surface area (Å²) in [6, 6.07) is 9.81. The lowest BCUT2D eigenvalue weighted by molar-refractivity contribution is -0.861. The summed E-state index contributed by atoms with van der Waals surface area (Å²) in [4.78, 5) is 6.86. The summed E-state index contributed by atoms with van der Waals surface area (Å²) in [6.45, 7) is 0. The number of aliphatic imine (C=N–C) groups is 1. The maximum absolute atomic E-state index is 11.4. The van der Waals surface area contributed by atoms with Gasteiger partial charge in [-0.1, -0.05) is 23.3 Å². The number of fused-ring (bicyclic) bond motifs is 1. The van der Waals surface area contributed by atoms with Gasteiger partial charge in [0.05, 0.1) is 12.5 Å². The highest BCUT2D eigenvalue weighted by atomic mass is 32.2. The highest BCUT2D eigenvalue weighted by Crippen LogP contribution is 2.19. The molecule has 1 atom stereocenters. The highest BCUT2D eigenvalue weighted by Gasteiger charge is 2.42. The number of amidine groups is 1. The molecule has 2 aliphatic rings. The van der Waals surface area contributed by atoms with E-state index < -0.39 is 10.0 Å². The molecule has 1 aromatic carbocycles. The molecule has 1 saturated heterocycles. The lowest BCUT2D eigenvalue weighted by Crippen LogP contribution is -3.16. The van der Waals surface area contributed by atoms with Gasteiger partial charge in [-0.25, -0.2) is 8.42 Å². The number of thioether (sulfide) groups is 1. The molecular weight excluding hydrogens is 284 g/mol. The van der Waals surface area contributed by atoms with Crippen molar-refractivity contribution >= 4 is 32.6 Å². The van der Waals surface area contributed by atoms with E-state index in [1.807, 2.05) is 30.3 Å². The minimum atomic E-state index is -3.29. The van der Waals surface area contributed by atoms with Crippen molar-refractivity contribution in [3.63, 3.8) is 0 Å². The van der Waals surface area contributed by atoms with Gasteiger partial charge in [-0.15, -0.1) is 4.83 Å². The van der Waals surface area contributed by atoms with Crippen LogP contribution in [0.1, 0.15) is 5.56 Å². The second-order valence-electron chi connectivity index (χ2n) is 4.26. The largest absolute Gasteiger partial charge is 0.290 e. The molecule has 0 bridgehead atoms. The molecule has 0 radical (unpaired) electrons. The van der Waals surface area contributed by atoms with E-state index in [-0.39, 0.29) is 0 Å². The van der Waals surface area contributed by atoms with Gasteiger partial charge in [-0.3, -0.25) is 0 Å². The number of hydrogen-bond acceptors (Lipinski definition) is 5. The smallest absolute Gasteiger partial charge is 0.211 e. The van der Waals surface area contributed by atoms with Crippen molar-refractivity contribution in [1.82, 2.24) is 9.95 Å². The molecule has 1 unspecified atom stereocenters. The Labute approximate surface area is 115 Å². The highest BCUT2D eigenvalue weighted by molar-refractivity contribution is 8.13. The number of nitrogens with one attached hydrogen (secondary N) is 2. The zero-order chi connectivity index (χ0) is 13.5. The fourth-order valence-electron chi connectivity index (χ4n) is 2.02. The number of nitrogens with zero attached hydrogens (tertiary/aromatic N) is 2. The SMILES string of the molecule is CS(=O)(=O)NN1CSC2=NC=C(c3ccccc3)[NH+]21. The van der Waals surface area contributed by atoms with Crippen LogP contribution in [0.5, 0.6) is 0 Å². The van der Waals surface area contributed by atoms with Crippen molar-refractivity contribution in [2.45, 2.75) is 0 Å². The van der Waals surface area contributed by atoms with E-state index in [4.69, 9.17) is 0 Å². The quantitative estimate of drug-likeness (QED) is 0.798. The summed E-state index contributed by atoms with van der Waals surface area (Å²) < 4.78 is 22.8. The Hall–Kier alpha value is -1.19. The van der Waals surface area contributed by atoms with Crippen molar-refractivity contribution in [2.75, 3.05) is 12.1 Å². The summed E-state index contributed by atoms with van der Waals surface area (Å²) in [5, 5.41) is 3.32. The van der Waals surface area contributed by atoms with Crippen LogP contribution in [0.2, 0.25) is 0 Å². The number of quaternary nitrogens is 1. The van der Waals surface area contributed by atoms with E-state index in [0.29, 0.717) is 5.88 Å². The van der Waals surface area contributed by atoms with Crippen LogP contribution in [0.3, 0.4) is 0 Å². The second-order valence-corrected chi connectivity index (χ2v) is 6.92. The van der Waals surface area contributed by atoms with Crippen molar-refractivity contribution in [3.05, 3.63) is 42.1 Å². The van der Waals surface area contributed by atoms with Crippen molar-refractivity contribution in [1.29, 1.82) is 0 Å². The van der Waals surface area contributed by atoms with Crippen LogP contribution in [0.25, 0.3) is 5.70 Å². The van der Waals surface area contributed by atoms with Crippen LogP contribution in [0, 0.1) is 0 Å². The summed E-state index contributed by atoms with van der Waals surface area (Å²) in [5.74, 6) is 0.533. The van der Waals surface area contributed by atoms with Gasteiger partial charge in [0.15, 0.2) is 5.70 Å². The van der Waals surface area contributed by atoms with Gasteiger partial charge in [-0.05, 0) is 23.9 Å². The second kappa shape index (κ2) is 4.73. The fraction of sp³-hybridized carbons (Fsp3) is 0.182. The van der Waals surface area contributed by atoms with Crippen LogP contribution in [-0.4, -0.2) is 30.8 Å². The molecule has 1 fully saturated rings. The molecule has 0 aliphatic carbocycles. The molecule has 8 heteroatoms. The third kappa shape index (κ3) is 2.58. The molecule has 0 saturated carbocycles. The fourth-order valence-corrected chi connectivity index (χ4v) is 3.59. The Balaban J connectivity index is 1.90. The average Bonchev–Trinajstić information content (AvgIpc) is 2.92. The molecule has 100 valence electrons. The first kappa shape index (κ1) is 12.8. The number of hydrazine groups is 1. The maximum Gasteiger partial charge on any atom is 0.290 e. The zero-order valence-electron chi connectivity index (χ0n) is 10.2. The predicted molar refractivity (Wildman–Crippen MR) is 75.1 cm³/mol. The summed E-state index contributed by atoms with van der Waals surface area (Å²) in [7, 11) is -3.29. The summed E-state index contributed by atoms with van der Waals surface area (Å²) in [5.41, 5.74) is 1.97. The van der Waals surface area contributed by atoms with Crippen LogP contribution in [0.4, 0.5) is 0 Å². The number of rotatable bonds is 3. The molecule has 0 spiro atoms. The third-order valence-electron chi connectivity index (χ3n) is 2.73. The first-order valence-corrected chi connectivity index (χ1v) is 8.51. The van der Waals surface area contributed by atoms with Gasteiger partial charge >= 0.3 is 0 Å². The molecule has 3 rings (SSSR count). The zero-order valence-corrected chi connectivity index (χ0v) is 11.8. The van der Waals surface area contributed by atoms with Crippen LogP contribution in [0.15, 0.2) is 41.5 Å². The van der Waals surface area contributed by atoms with Crippen LogP contribution < -0.4 is 9.84 Å². The van der Waals surface area contributed by atoms with E-state index in [9.17, 15) is 8.42 Å². The molecule has 2 heterocycles. The first-order valence-electron chi connectivity index (χ1n) is 5.63. The molecule has 2 N–H and O–H groups in total. The number of benzene rings is 1. The van der Waals surface area contributed by atoms with Gasteiger partial charge in [0.2, 0.25) is 10.0 Å². The van der Waals surface area contributed by atoms with E-state index in [2.05, 4.69) is 9.82 Å². The Bertz CT molecular complexity index is 655. The molecule has 2 aliphatic heterocycles. The van der Waals surface area contributed by atoms with Gasteiger partial charge in [0, 0.05) is 5.56 Å². The standard InChI is InChI=1S/C11H12N4O2S2/c1-19(16,17)13-14-8-18-11-12-7-10(15(11)14)9-5-3-2-4-6-9/h2-7,13H,8H2,1H3/p+1. The lowest BCUT2D eigenvalue weighted by Gasteiger charge is -2.20. The van der Waals surface area contributed by atoms with Crippen molar-refractivity contribution in [3.8, 4) is 0 Å². The topological polar surface area (TPSA) is 66.2 Å². The minimum Gasteiger partial charge on any atom is -0.211 e. The molecule has 6 nitrogen and oxygen atoms in total. The molecule has 0 amide bonds. The first-order chi connectivity index (χ1) is 9.04.